The Morgan fingerprint density at radius 3 is 2.81 bits per heavy atom. The van der Waals surface area contributed by atoms with Gasteiger partial charge in [0.1, 0.15) is 5.75 Å². The minimum Gasteiger partial charge on any atom is -0.495 e. The number of piperazine rings is 1. The van der Waals surface area contributed by atoms with Crippen molar-refractivity contribution >= 4 is 16.8 Å². The van der Waals surface area contributed by atoms with Gasteiger partial charge in [0, 0.05) is 43.8 Å². The van der Waals surface area contributed by atoms with Crippen LogP contribution >= 0.6 is 0 Å². The standard InChI is InChI=1S/C22H31N3O2/c1-16-13-24(12-11-23-16)22(26)19-15-25(14-17-7-4-3-5-8-17)21-18(19)9-6-10-20(21)27-2/h6,9-10,15-17,23H,3-5,7-8,11-14H2,1-2H3/t16-/m0/s1. The number of carbonyl (C=O) groups excluding carboxylic acids is 1. The van der Waals surface area contributed by atoms with Gasteiger partial charge in [0.2, 0.25) is 0 Å². The van der Waals surface area contributed by atoms with E-state index in [-0.39, 0.29) is 5.91 Å². The Bertz CT molecular complexity index is 807. The van der Waals surface area contributed by atoms with Crippen LogP contribution in [0.2, 0.25) is 0 Å². The molecule has 146 valence electrons. The Morgan fingerprint density at radius 1 is 1.26 bits per heavy atom. The largest absolute Gasteiger partial charge is 0.495 e. The molecule has 5 nitrogen and oxygen atoms in total. The first kappa shape index (κ1) is 18.4. The molecule has 1 aliphatic heterocycles. The van der Waals surface area contributed by atoms with Crippen LogP contribution < -0.4 is 10.1 Å². The predicted molar refractivity (Wildman–Crippen MR) is 108 cm³/mol. The third kappa shape index (κ3) is 3.70. The van der Waals surface area contributed by atoms with Crippen molar-refractivity contribution in [1.29, 1.82) is 0 Å². The molecule has 5 heteroatoms. The van der Waals surface area contributed by atoms with Crippen LogP contribution in [0.5, 0.6) is 5.75 Å². The molecule has 1 aromatic carbocycles. The van der Waals surface area contributed by atoms with Crippen molar-refractivity contribution in [3.8, 4) is 5.75 Å². The van der Waals surface area contributed by atoms with Crippen LogP contribution in [0, 0.1) is 5.92 Å². The van der Waals surface area contributed by atoms with Gasteiger partial charge in [-0.05, 0) is 31.7 Å². The van der Waals surface area contributed by atoms with Gasteiger partial charge < -0.3 is 19.5 Å². The SMILES string of the molecule is COc1cccc2c(C(=O)N3CCN[C@@H](C)C3)cn(CC3CCCCC3)c12. The zero-order valence-corrected chi connectivity index (χ0v) is 16.5. The summed E-state index contributed by atoms with van der Waals surface area (Å²) in [4.78, 5) is 15.3. The van der Waals surface area contributed by atoms with Crippen molar-refractivity contribution in [2.45, 2.75) is 51.6 Å². The number of fused-ring (bicyclic) bond motifs is 1. The number of hydrogen-bond donors (Lipinski definition) is 1. The lowest BCUT2D eigenvalue weighted by atomic mass is 9.89. The summed E-state index contributed by atoms with van der Waals surface area (Å²) in [5, 5.41) is 4.43. The highest BCUT2D eigenvalue weighted by Gasteiger charge is 2.26. The minimum absolute atomic E-state index is 0.143. The summed E-state index contributed by atoms with van der Waals surface area (Å²) >= 11 is 0. The molecule has 0 spiro atoms. The lowest BCUT2D eigenvalue weighted by Gasteiger charge is -2.31. The Hall–Kier alpha value is -2.01. The van der Waals surface area contributed by atoms with E-state index in [2.05, 4.69) is 29.1 Å². The number of methoxy groups -OCH3 is 1. The van der Waals surface area contributed by atoms with Crippen LogP contribution in [-0.2, 0) is 6.54 Å². The Labute approximate surface area is 161 Å². The molecule has 4 rings (SSSR count). The Kier molecular flexibility index (Phi) is 5.39. The predicted octanol–water partition coefficient (Wildman–Crippen LogP) is 3.66. The molecular weight excluding hydrogens is 338 g/mol. The molecule has 1 atom stereocenters. The van der Waals surface area contributed by atoms with Gasteiger partial charge in [0.15, 0.2) is 0 Å². The molecular formula is C22H31N3O2. The molecule has 1 amide bonds. The van der Waals surface area contributed by atoms with Gasteiger partial charge in [0.25, 0.3) is 5.91 Å². The zero-order chi connectivity index (χ0) is 18.8. The van der Waals surface area contributed by atoms with Gasteiger partial charge in [-0.1, -0.05) is 31.4 Å². The second-order valence-corrected chi connectivity index (χ2v) is 8.16. The molecule has 0 bridgehead atoms. The molecule has 1 N–H and O–H groups in total. The number of aromatic nitrogens is 1. The van der Waals surface area contributed by atoms with E-state index in [1.54, 1.807) is 7.11 Å². The van der Waals surface area contributed by atoms with Crippen LogP contribution in [0.1, 0.15) is 49.4 Å². The van der Waals surface area contributed by atoms with Crippen molar-refractivity contribution in [1.82, 2.24) is 14.8 Å². The van der Waals surface area contributed by atoms with E-state index in [0.717, 1.165) is 48.4 Å². The van der Waals surface area contributed by atoms with E-state index in [9.17, 15) is 4.79 Å². The smallest absolute Gasteiger partial charge is 0.256 e. The molecule has 0 radical (unpaired) electrons. The Balaban J connectivity index is 1.71. The quantitative estimate of drug-likeness (QED) is 0.895. The zero-order valence-electron chi connectivity index (χ0n) is 16.5. The van der Waals surface area contributed by atoms with Crippen LogP contribution in [0.25, 0.3) is 10.9 Å². The first-order valence-electron chi connectivity index (χ1n) is 10.4. The number of nitrogens with one attached hydrogen (secondary N) is 1. The van der Waals surface area contributed by atoms with E-state index < -0.39 is 0 Å². The fraction of sp³-hybridized carbons (Fsp3) is 0.591. The number of amides is 1. The summed E-state index contributed by atoms with van der Waals surface area (Å²) in [5.74, 6) is 1.70. The minimum atomic E-state index is 0.143. The molecule has 27 heavy (non-hydrogen) atoms. The molecule has 0 unspecified atom stereocenters. The van der Waals surface area contributed by atoms with E-state index in [4.69, 9.17) is 4.74 Å². The van der Waals surface area contributed by atoms with Crippen molar-refractivity contribution in [3.63, 3.8) is 0 Å². The van der Waals surface area contributed by atoms with Crippen LogP contribution in [0.3, 0.4) is 0 Å². The normalized spacial score (nSPS) is 21.6. The first-order valence-corrected chi connectivity index (χ1v) is 10.4. The summed E-state index contributed by atoms with van der Waals surface area (Å²) < 4.78 is 7.94. The molecule has 2 aliphatic rings. The average molecular weight is 370 g/mol. The maximum absolute atomic E-state index is 13.3. The molecule has 1 saturated carbocycles. The summed E-state index contributed by atoms with van der Waals surface area (Å²) in [5.41, 5.74) is 1.88. The van der Waals surface area contributed by atoms with E-state index >= 15 is 0 Å². The van der Waals surface area contributed by atoms with E-state index in [0.29, 0.717) is 12.0 Å². The van der Waals surface area contributed by atoms with E-state index in [1.807, 2.05) is 17.0 Å². The van der Waals surface area contributed by atoms with Gasteiger partial charge in [0.05, 0.1) is 18.2 Å². The number of nitrogens with zero attached hydrogens (tertiary/aromatic N) is 2. The highest BCUT2D eigenvalue weighted by molar-refractivity contribution is 6.08. The van der Waals surface area contributed by atoms with Gasteiger partial charge in [-0.3, -0.25) is 4.79 Å². The van der Waals surface area contributed by atoms with Crippen molar-refractivity contribution in [2.24, 2.45) is 5.92 Å². The average Bonchev–Trinajstić information content (AvgIpc) is 3.07. The fourth-order valence-electron chi connectivity index (χ4n) is 4.74. The van der Waals surface area contributed by atoms with Gasteiger partial charge in [-0.15, -0.1) is 0 Å². The lowest BCUT2D eigenvalue weighted by molar-refractivity contribution is 0.0710. The summed E-state index contributed by atoms with van der Waals surface area (Å²) in [6, 6.07) is 6.39. The van der Waals surface area contributed by atoms with Crippen molar-refractivity contribution in [3.05, 3.63) is 30.0 Å². The molecule has 2 heterocycles. The van der Waals surface area contributed by atoms with Crippen LogP contribution in [0.15, 0.2) is 24.4 Å². The molecule has 2 fully saturated rings. The highest BCUT2D eigenvalue weighted by Crippen LogP contribution is 2.33. The first-order chi connectivity index (χ1) is 13.2. The van der Waals surface area contributed by atoms with Gasteiger partial charge in [-0.2, -0.15) is 0 Å². The number of hydrogen-bond acceptors (Lipinski definition) is 3. The van der Waals surface area contributed by atoms with E-state index in [1.165, 1.54) is 32.1 Å². The number of benzene rings is 1. The van der Waals surface area contributed by atoms with Crippen LogP contribution in [0.4, 0.5) is 0 Å². The Morgan fingerprint density at radius 2 is 2.07 bits per heavy atom. The molecule has 1 saturated heterocycles. The third-order valence-electron chi connectivity index (χ3n) is 6.15. The molecule has 1 aromatic heterocycles. The van der Waals surface area contributed by atoms with Crippen molar-refractivity contribution < 1.29 is 9.53 Å². The maximum atomic E-state index is 13.3. The number of carbonyl (C=O) groups is 1. The second-order valence-electron chi connectivity index (χ2n) is 8.16. The number of ether oxygens (including phenoxy) is 1. The summed E-state index contributed by atoms with van der Waals surface area (Å²) in [7, 11) is 1.71. The monoisotopic (exact) mass is 369 g/mol. The highest BCUT2D eigenvalue weighted by atomic mass is 16.5. The topological polar surface area (TPSA) is 46.5 Å². The van der Waals surface area contributed by atoms with Crippen LogP contribution in [-0.4, -0.2) is 48.2 Å². The molecule has 1 aliphatic carbocycles. The number of rotatable bonds is 4. The van der Waals surface area contributed by atoms with Gasteiger partial charge in [-0.25, -0.2) is 0 Å². The van der Waals surface area contributed by atoms with Gasteiger partial charge >= 0.3 is 0 Å². The second kappa shape index (κ2) is 7.93. The van der Waals surface area contributed by atoms with Crippen molar-refractivity contribution in [2.75, 3.05) is 26.7 Å². The maximum Gasteiger partial charge on any atom is 0.256 e. The lowest BCUT2D eigenvalue weighted by Crippen LogP contribution is -2.51. The third-order valence-corrected chi connectivity index (χ3v) is 6.15. The summed E-state index contributed by atoms with van der Waals surface area (Å²) in [6.45, 7) is 5.49. The summed E-state index contributed by atoms with van der Waals surface area (Å²) in [6.07, 6.45) is 8.66. The molecule has 2 aromatic rings. The number of para-hydroxylation sites is 1. The fourth-order valence-corrected chi connectivity index (χ4v) is 4.74.